The third kappa shape index (κ3) is 3.53. The van der Waals surface area contributed by atoms with Gasteiger partial charge >= 0.3 is 11.9 Å². The number of hydrogen-bond donors (Lipinski definition) is 0. The van der Waals surface area contributed by atoms with Gasteiger partial charge in [0.2, 0.25) is 0 Å². The topological polar surface area (TPSA) is 52.6 Å². The van der Waals surface area contributed by atoms with E-state index in [-0.39, 0.29) is 11.8 Å². The van der Waals surface area contributed by atoms with E-state index in [0.29, 0.717) is 11.1 Å². The Bertz CT molecular complexity index is 1330. The van der Waals surface area contributed by atoms with Crippen molar-refractivity contribution < 1.29 is 19.1 Å². The van der Waals surface area contributed by atoms with E-state index in [1.165, 1.54) is 0 Å². The second-order valence-electron chi connectivity index (χ2n) is 9.58. The second kappa shape index (κ2) is 8.80. The summed E-state index contributed by atoms with van der Waals surface area (Å²) in [6.07, 6.45) is -1.31. The minimum absolute atomic E-state index is 0.231. The van der Waals surface area contributed by atoms with Crippen LogP contribution in [0.2, 0.25) is 0 Å². The maximum absolute atomic E-state index is 13.4. The number of aryl methyl sites for hydroxylation is 2. The second-order valence-corrected chi connectivity index (χ2v) is 9.58. The number of benzene rings is 4. The Labute approximate surface area is 210 Å². The van der Waals surface area contributed by atoms with E-state index in [2.05, 4.69) is 24.3 Å². The third-order valence-corrected chi connectivity index (χ3v) is 7.53. The van der Waals surface area contributed by atoms with Crippen LogP contribution in [-0.2, 0) is 9.47 Å². The normalized spacial score (nSPS) is 21.3. The minimum atomic E-state index is -0.653. The first-order valence-electron chi connectivity index (χ1n) is 12.3. The molecule has 4 aromatic carbocycles. The van der Waals surface area contributed by atoms with Gasteiger partial charge in [-0.15, -0.1) is 0 Å². The van der Waals surface area contributed by atoms with Crippen LogP contribution in [0.5, 0.6) is 0 Å². The molecule has 2 unspecified atom stereocenters. The van der Waals surface area contributed by atoms with Crippen molar-refractivity contribution in [3.05, 3.63) is 142 Å². The van der Waals surface area contributed by atoms with Crippen molar-refractivity contribution in [2.75, 3.05) is 0 Å². The van der Waals surface area contributed by atoms with E-state index in [4.69, 9.17) is 9.47 Å². The smallest absolute Gasteiger partial charge is 0.338 e. The van der Waals surface area contributed by atoms with Crippen LogP contribution in [0.4, 0.5) is 0 Å². The molecule has 0 aliphatic heterocycles. The molecule has 0 spiro atoms. The van der Waals surface area contributed by atoms with Crippen molar-refractivity contribution in [3.8, 4) is 0 Å². The molecule has 7 rings (SSSR count). The van der Waals surface area contributed by atoms with Gasteiger partial charge in [0.1, 0.15) is 0 Å². The van der Waals surface area contributed by atoms with Crippen LogP contribution < -0.4 is 0 Å². The standard InChI is InChI=1S/C32H26O4/c1-19-11-3-5-13-21(19)31(33)35-29-27-23-15-7-9-17-25(23)28(26-18-10-8-16-24(26)27)30(29)36-32(34)22-14-6-4-12-20(22)2/h3-18,27-30H,1-2H3. The summed E-state index contributed by atoms with van der Waals surface area (Å²) in [6, 6.07) is 31.2. The number of hydrogen-bond acceptors (Lipinski definition) is 4. The highest BCUT2D eigenvalue weighted by atomic mass is 16.6. The molecule has 3 aliphatic rings. The highest BCUT2D eigenvalue weighted by Gasteiger charge is 2.53. The molecule has 0 radical (unpaired) electrons. The van der Waals surface area contributed by atoms with E-state index in [1.807, 2.05) is 74.5 Å². The summed E-state index contributed by atoms with van der Waals surface area (Å²) in [4.78, 5) is 26.9. The number of carbonyl (C=O) groups is 2. The first kappa shape index (κ1) is 22.3. The van der Waals surface area contributed by atoms with Crippen molar-refractivity contribution >= 4 is 11.9 Å². The summed E-state index contributed by atoms with van der Waals surface area (Å²) in [6.45, 7) is 3.79. The zero-order valence-corrected chi connectivity index (χ0v) is 20.2. The molecular weight excluding hydrogens is 448 g/mol. The minimum Gasteiger partial charge on any atom is -0.454 e. The zero-order valence-electron chi connectivity index (χ0n) is 20.2. The fourth-order valence-electron chi connectivity index (χ4n) is 5.83. The van der Waals surface area contributed by atoms with Crippen molar-refractivity contribution in [1.29, 1.82) is 0 Å². The Kier molecular flexibility index (Phi) is 5.45. The third-order valence-electron chi connectivity index (χ3n) is 7.53. The molecule has 0 heterocycles. The molecule has 178 valence electrons. The lowest BCUT2D eigenvalue weighted by molar-refractivity contribution is -0.0558. The predicted octanol–water partition coefficient (Wildman–Crippen LogP) is 6.35. The van der Waals surface area contributed by atoms with Crippen LogP contribution in [-0.4, -0.2) is 24.1 Å². The van der Waals surface area contributed by atoms with Crippen molar-refractivity contribution in [3.63, 3.8) is 0 Å². The molecule has 2 atom stereocenters. The lowest BCUT2D eigenvalue weighted by Crippen LogP contribution is -2.51. The molecule has 0 aromatic heterocycles. The van der Waals surface area contributed by atoms with Crippen LogP contribution >= 0.6 is 0 Å². The molecule has 4 aromatic rings. The molecule has 0 fully saturated rings. The quantitative estimate of drug-likeness (QED) is 0.324. The van der Waals surface area contributed by atoms with Crippen molar-refractivity contribution in [2.24, 2.45) is 0 Å². The van der Waals surface area contributed by atoms with Gasteiger partial charge in [0.15, 0.2) is 12.2 Å². The van der Waals surface area contributed by atoms with E-state index in [0.717, 1.165) is 33.4 Å². The van der Waals surface area contributed by atoms with Gasteiger partial charge in [-0.1, -0.05) is 84.9 Å². The number of rotatable bonds is 4. The number of carbonyl (C=O) groups excluding carboxylic acids is 2. The van der Waals surface area contributed by atoms with E-state index >= 15 is 0 Å². The lowest BCUT2D eigenvalue weighted by Gasteiger charge is -2.49. The molecular formula is C32H26O4. The maximum atomic E-state index is 13.4. The van der Waals surface area contributed by atoms with E-state index < -0.39 is 24.1 Å². The van der Waals surface area contributed by atoms with Gasteiger partial charge in [-0.2, -0.15) is 0 Å². The summed E-state index contributed by atoms with van der Waals surface area (Å²) in [5.74, 6) is -1.27. The zero-order chi connectivity index (χ0) is 24.8. The highest BCUT2D eigenvalue weighted by molar-refractivity contribution is 5.92. The highest BCUT2D eigenvalue weighted by Crippen LogP contribution is 2.54. The van der Waals surface area contributed by atoms with E-state index in [9.17, 15) is 9.59 Å². The number of ether oxygens (including phenoxy) is 2. The summed E-state index contributed by atoms with van der Waals surface area (Å²) in [5.41, 5.74) is 7.20. The van der Waals surface area contributed by atoms with E-state index in [1.54, 1.807) is 12.1 Å². The molecule has 0 saturated carbocycles. The fraction of sp³-hybridized carbons (Fsp3) is 0.188. The summed E-state index contributed by atoms with van der Waals surface area (Å²) >= 11 is 0. The SMILES string of the molecule is Cc1ccccc1C(=O)OC1C2c3ccccc3C(c3ccccc32)C1OC(=O)c1ccccc1C. The van der Waals surface area contributed by atoms with Gasteiger partial charge in [0.05, 0.1) is 23.0 Å². The van der Waals surface area contributed by atoms with Crippen LogP contribution in [0.25, 0.3) is 0 Å². The average Bonchev–Trinajstić information content (AvgIpc) is 2.90. The first-order chi connectivity index (χ1) is 17.5. The average molecular weight is 475 g/mol. The monoisotopic (exact) mass is 474 g/mol. The van der Waals surface area contributed by atoms with Crippen molar-refractivity contribution in [2.45, 2.75) is 37.9 Å². The lowest BCUT2D eigenvalue weighted by atomic mass is 9.61. The fourth-order valence-corrected chi connectivity index (χ4v) is 5.83. The number of fused-ring (bicyclic) bond motifs is 1. The summed E-state index contributed by atoms with van der Waals surface area (Å²) in [5, 5.41) is 0. The van der Waals surface area contributed by atoms with Gasteiger partial charge in [-0.05, 0) is 59.4 Å². The summed E-state index contributed by atoms with van der Waals surface area (Å²) in [7, 11) is 0. The molecule has 2 bridgehead atoms. The molecule has 0 N–H and O–H groups in total. The number of esters is 2. The van der Waals surface area contributed by atoms with Gasteiger partial charge < -0.3 is 9.47 Å². The van der Waals surface area contributed by atoms with Crippen LogP contribution in [0.3, 0.4) is 0 Å². The predicted molar refractivity (Wildman–Crippen MR) is 137 cm³/mol. The van der Waals surface area contributed by atoms with Crippen molar-refractivity contribution in [1.82, 2.24) is 0 Å². The van der Waals surface area contributed by atoms with Gasteiger partial charge in [-0.25, -0.2) is 9.59 Å². The van der Waals surface area contributed by atoms with Gasteiger partial charge in [-0.3, -0.25) is 0 Å². The Morgan fingerprint density at radius 2 is 0.806 bits per heavy atom. The molecule has 36 heavy (non-hydrogen) atoms. The van der Waals surface area contributed by atoms with Crippen LogP contribution in [0.15, 0.2) is 97.1 Å². The van der Waals surface area contributed by atoms with Gasteiger partial charge in [0, 0.05) is 0 Å². The molecule has 3 aliphatic carbocycles. The molecule has 4 nitrogen and oxygen atoms in total. The Hall–Kier alpha value is -4.18. The largest absolute Gasteiger partial charge is 0.454 e. The Morgan fingerprint density at radius 3 is 1.14 bits per heavy atom. The maximum Gasteiger partial charge on any atom is 0.338 e. The van der Waals surface area contributed by atoms with Crippen LogP contribution in [0, 0.1) is 13.8 Å². The molecule has 4 heteroatoms. The summed E-state index contributed by atoms with van der Waals surface area (Å²) < 4.78 is 12.5. The Balaban J connectivity index is 1.47. The first-order valence-corrected chi connectivity index (χ1v) is 12.3. The Morgan fingerprint density at radius 1 is 0.500 bits per heavy atom. The van der Waals surface area contributed by atoms with Gasteiger partial charge in [0.25, 0.3) is 0 Å². The molecule has 0 amide bonds. The molecule has 0 saturated heterocycles. The van der Waals surface area contributed by atoms with Crippen LogP contribution in [0.1, 0.15) is 65.9 Å².